The number of methoxy groups -OCH3 is 1. The number of carboxylic acid groups (broad SMARTS) is 1. The zero-order chi connectivity index (χ0) is 23.9. The molecule has 0 radical (unpaired) electrons. The second-order valence-corrected chi connectivity index (χ2v) is 9.51. The molecule has 0 bridgehead atoms. The number of hydrogen-bond donors (Lipinski definition) is 3. The standard InChI is InChI=1S/C26H28N2O6/c1-33-15-11-26(12-15)13-22(26)28-24(31)21(10-23(29)30)27-25(32)34-14-20-18-8-4-2-6-16(18)17-7-3-5-9-19(17)20/h2-9,15,20-22H,10-14H2,1H3,(H,27,32)(H,28,31)(H,29,30). The molecule has 0 heterocycles. The van der Waals surface area contributed by atoms with Gasteiger partial charge in [-0.05, 0) is 46.9 Å². The molecule has 3 N–H and O–H groups in total. The Balaban J connectivity index is 1.19. The number of ether oxygens (including phenoxy) is 2. The van der Waals surface area contributed by atoms with Gasteiger partial charge >= 0.3 is 12.1 Å². The molecule has 2 saturated carbocycles. The van der Waals surface area contributed by atoms with Gasteiger partial charge in [0.15, 0.2) is 0 Å². The van der Waals surface area contributed by atoms with Crippen LogP contribution in [0.25, 0.3) is 11.1 Å². The lowest BCUT2D eigenvalue weighted by atomic mass is 9.78. The topological polar surface area (TPSA) is 114 Å². The molecule has 0 aliphatic heterocycles. The van der Waals surface area contributed by atoms with Crippen molar-refractivity contribution < 1.29 is 29.0 Å². The Bertz CT molecular complexity index is 1080. The number of rotatable bonds is 8. The quantitative estimate of drug-likeness (QED) is 0.553. The number of hydrogen-bond acceptors (Lipinski definition) is 5. The third kappa shape index (κ3) is 4.14. The van der Waals surface area contributed by atoms with E-state index in [1.807, 2.05) is 48.5 Å². The summed E-state index contributed by atoms with van der Waals surface area (Å²) >= 11 is 0. The Labute approximate surface area is 197 Å². The SMILES string of the molecule is COC1CC2(C1)CC2NC(=O)C(CC(=O)O)NC(=O)OCC1c2ccccc2-c2ccccc21. The Morgan fingerprint density at radius 3 is 2.24 bits per heavy atom. The van der Waals surface area contributed by atoms with Gasteiger partial charge < -0.3 is 25.2 Å². The minimum absolute atomic E-state index is 0.00740. The summed E-state index contributed by atoms with van der Waals surface area (Å²) in [6.07, 6.45) is 1.52. The molecule has 1 spiro atoms. The summed E-state index contributed by atoms with van der Waals surface area (Å²) in [4.78, 5) is 36.7. The van der Waals surface area contributed by atoms with Crippen molar-refractivity contribution in [2.75, 3.05) is 13.7 Å². The molecule has 178 valence electrons. The molecule has 8 nitrogen and oxygen atoms in total. The molecule has 3 aliphatic rings. The average molecular weight is 465 g/mol. The predicted octanol–water partition coefficient (Wildman–Crippen LogP) is 3.05. The van der Waals surface area contributed by atoms with Gasteiger partial charge in [0.05, 0.1) is 12.5 Å². The van der Waals surface area contributed by atoms with Gasteiger partial charge in [0.1, 0.15) is 12.6 Å². The minimum atomic E-state index is -1.20. The number of carboxylic acids is 1. The number of carbonyl (C=O) groups is 3. The van der Waals surface area contributed by atoms with Gasteiger partial charge in [-0.15, -0.1) is 0 Å². The number of fused-ring (bicyclic) bond motifs is 3. The molecule has 2 aromatic carbocycles. The molecule has 2 aromatic rings. The smallest absolute Gasteiger partial charge is 0.407 e. The first-order chi connectivity index (χ1) is 16.4. The van der Waals surface area contributed by atoms with Crippen molar-refractivity contribution in [1.29, 1.82) is 0 Å². The fraction of sp³-hybridized carbons (Fsp3) is 0.423. The Hall–Kier alpha value is -3.39. The van der Waals surface area contributed by atoms with Crippen molar-refractivity contribution in [3.8, 4) is 11.1 Å². The highest BCUT2D eigenvalue weighted by Crippen LogP contribution is 2.61. The first-order valence-electron chi connectivity index (χ1n) is 11.6. The van der Waals surface area contributed by atoms with Gasteiger partial charge in [-0.1, -0.05) is 48.5 Å². The largest absolute Gasteiger partial charge is 0.481 e. The molecule has 2 unspecified atom stereocenters. The molecule has 8 heteroatoms. The van der Waals surface area contributed by atoms with Crippen molar-refractivity contribution >= 4 is 18.0 Å². The molecule has 0 saturated heterocycles. The van der Waals surface area contributed by atoms with E-state index in [-0.39, 0.29) is 30.1 Å². The van der Waals surface area contributed by atoms with Crippen molar-refractivity contribution in [2.45, 2.75) is 49.8 Å². The molecular formula is C26H28N2O6. The Kier molecular flexibility index (Phi) is 5.77. The van der Waals surface area contributed by atoms with E-state index in [9.17, 15) is 19.5 Å². The summed E-state index contributed by atoms with van der Waals surface area (Å²) in [5.41, 5.74) is 4.43. The van der Waals surface area contributed by atoms with E-state index in [4.69, 9.17) is 9.47 Å². The summed E-state index contributed by atoms with van der Waals surface area (Å²) in [5.74, 6) is -1.80. The highest BCUT2D eigenvalue weighted by Gasteiger charge is 2.62. The van der Waals surface area contributed by atoms with E-state index < -0.39 is 30.4 Å². The summed E-state index contributed by atoms with van der Waals surface area (Å²) in [7, 11) is 1.68. The predicted molar refractivity (Wildman–Crippen MR) is 123 cm³/mol. The van der Waals surface area contributed by atoms with E-state index >= 15 is 0 Å². The van der Waals surface area contributed by atoms with Gasteiger partial charge in [-0.2, -0.15) is 0 Å². The fourth-order valence-corrected chi connectivity index (χ4v) is 5.46. The zero-order valence-corrected chi connectivity index (χ0v) is 19.0. The third-order valence-electron chi connectivity index (χ3n) is 7.44. The lowest BCUT2D eigenvalue weighted by Crippen LogP contribution is -2.50. The van der Waals surface area contributed by atoms with Crippen molar-refractivity contribution in [1.82, 2.24) is 10.6 Å². The molecule has 3 aliphatic carbocycles. The molecule has 2 atom stereocenters. The summed E-state index contributed by atoms with van der Waals surface area (Å²) in [6.45, 7) is 0.0887. The number of carbonyl (C=O) groups excluding carboxylic acids is 2. The van der Waals surface area contributed by atoms with Crippen LogP contribution in [-0.4, -0.2) is 55.0 Å². The van der Waals surface area contributed by atoms with Crippen LogP contribution in [-0.2, 0) is 19.1 Å². The van der Waals surface area contributed by atoms with Crippen LogP contribution in [0.15, 0.2) is 48.5 Å². The van der Waals surface area contributed by atoms with E-state index in [0.717, 1.165) is 41.5 Å². The summed E-state index contributed by atoms with van der Waals surface area (Å²) in [5, 5.41) is 14.6. The monoisotopic (exact) mass is 464 g/mol. The lowest BCUT2D eigenvalue weighted by Gasteiger charge is -2.35. The minimum Gasteiger partial charge on any atom is -0.481 e. The molecule has 2 amide bonds. The average Bonchev–Trinajstić information content (AvgIpc) is 3.42. The van der Waals surface area contributed by atoms with Crippen molar-refractivity contribution in [2.24, 2.45) is 5.41 Å². The van der Waals surface area contributed by atoms with E-state index in [0.29, 0.717) is 0 Å². The molecule has 2 fully saturated rings. The van der Waals surface area contributed by atoms with Crippen LogP contribution in [0.5, 0.6) is 0 Å². The van der Waals surface area contributed by atoms with Gasteiger partial charge in [0.25, 0.3) is 0 Å². The van der Waals surface area contributed by atoms with Crippen LogP contribution in [0.4, 0.5) is 4.79 Å². The maximum absolute atomic E-state index is 12.8. The van der Waals surface area contributed by atoms with Crippen LogP contribution >= 0.6 is 0 Å². The van der Waals surface area contributed by atoms with Gasteiger partial charge in [0.2, 0.25) is 5.91 Å². The van der Waals surface area contributed by atoms with Gasteiger partial charge in [-0.25, -0.2) is 4.79 Å². The number of alkyl carbamates (subject to hydrolysis) is 1. The van der Waals surface area contributed by atoms with E-state index in [1.54, 1.807) is 7.11 Å². The summed E-state index contributed by atoms with van der Waals surface area (Å²) < 4.78 is 10.8. The van der Waals surface area contributed by atoms with Crippen LogP contribution in [0.3, 0.4) is 0 Å². The first kappa shape index (κ1) is 22.4. The summed E-state index contributed by atoms with van der Waals surface area (Å²) in [6, 6.07) is 14.8. The number of aliphatic carboxylic acids is 1. The molecular weight excluding hydrogens is 436 g/mol. The fourth-order valence-electron chi connectivity index (χ4n) is 5.46. The van der Waals surface area contributed by atoms with E-state index in [1.165, 1.54) is 0 Å². The Morgan fingerprint density at radius 2 is 1.65 bits per heavy atom. The van der Waals surface area contributed by atoms with Crippen molar-refractivity contribution in [3.63, 3.8) is 0 Å². The van der Waals surface area contributed by atoms with Crippen LogP contribution < -0.4 is 10.6 Å². The van der Waals surface area contributed by atoms with Gasteiger partial charge in [-0.3, -0.25) is 9.59 Å². The second-order valence-electron chi connectivity index (χ2n) is 9.51. The third-order valence-corrected chi connectivity index (χ3v) is 7.44. The highest BCUT2D eigenvalue weighted by molar-refractivity contribution is 5.89. The Morgan fingerprint density at radius 1 is 1.03 bits per heavy atom. The molecule has 0 aromatic heterocycles. The maximum atomic E-state index is 12.8. The van der Waals surface area contributed by atoms with Crippen molar-refractivity contribution in [3.05, 3.63) is 59.7 Å². The van der Waals surface area contributed by atoms with E-state index in [2.05, 4.69) is 10.6 Å². The van der Waals surface area contributed by atoms with Gasteiger partial charge in [0, 0.05) is 19.1 Å². The van der Waals surface area contributed by atoms with Crippen LogP contribution in [0.2, 0.25) is 0 Å². The first-order valence-corrected chi connectivity index (χ1v) is 11.6. The number of amides is 2. The highest BCUT2D eigenvalue weighted by atomic mass is 16.5. The molecule has 34 heavy (non-hydrogen) atoms. The zero-order valence-electron chi connectivity index (χ0n) is 19.0. The number of nitrogens with one attached hydrogen (secondary N) is 2. The van der Waals surface area contributed by atoms with Crippen LogP contribution in [0.1, 0.15) is 42.7 Å². The normalized spacial score (nSPS) is 25.0. The second kappa shape index (κ2) is 8.76. The molecule has 5 rings (SSSR count). The van der Waals surface area contributed by atoms with Crippen LogP contribution in [0, 0.1) is 5.41 Å². The maximum Gasteiger partial charge on any atom is 0.407 e. The lowest BCUT2D eigenvalue weighted by molar-refractivity contribution is -0.139. The number of benzene rings is 2.